The molecule has 118 valence electrons. The van der Waals surface area contributed by atoms with Crippen LogP contribution in [-0.4, -0.2) is 16.0 Å². The zero-order valence-electron chi connectivity index (χ0n) is 13.1. The summed E-state index contributed by atoms with van der Waals surface area (Å²) in [5.41, 5.74) is 3.92. The van der Waals surface area contributed by atoms with Gasteiger partial charge in [-0.25, -0.2) is 0 Å². The summed E-state index contributed by atoms with van der Waals surface area (Å²) in [6.07, 6.45) is 1.55. The van der Waals surface area contributed by atoms with E-state index < -0.39 is 10.8 Å². The summed E-state index contributed by atoms with van der Waals surface area (Å²) in [5.74, 6) is -0.0182. The van der Waals surface area contributed by atoms with Crippen molar-refractivity contribution in [2.75, 3.05) is 16.1 Å². The molecule has 0 aliphatic carbocycles. The average Bonchev–Trinajstić information content (AvgIpc) is 2.82. The van der Waals surface area contributed by atoms with Crippen molar-refractivity contribution < 1.29 is 9.00 Å². The Kier molecular flexibility index (Phi) is 4.30. The van der Waals surface area contributed by atoms with Crippen molar-refractivity contribution in [2.45, 2.75) is 13.8 Å². The SMILES string of the molecule is Cc1ccc(N/C=C2\C(=O)N(c3ccc(C)cc3)CS2=O)cc1. The van der Waals surface area contributed by atoms with Crippen LogP contribution in [0, 0.1) is 13.8 Å². The topological polar surface area (TPSA) is 49.4 Å². The van der Waals surface area contributed by atoms with Crippen LogP contribution in [-0.2, 0) is 15.6 Å². The third-order valence-electron chi connectivity index (χ3n) is 3.71. The van der Waals surface area contributed by atoms with Gasteiger partial charge in [0.1, 0.15) is 10.8 Å². The molecule has 1 saturated heterocycles. The maximum Gasteiger partial charge on any atom is 0.269 e. The van der Waals surface area contributed by atoms with Gasteiger partial charge in [0, 0.05) is 17.6 Å². The largest absolute Gasteiger partial charge is 0.360 e. The summed E-state index contributed by atoms with van der Waals surface area (Å²) >= 11 is 0. The summed E-state index contributed by atoms with van der Waals surface area (Å²) in [7, 11) is -1.33. The molecule has 3 rings (SSSR count). The molecule has 1 unspecified atom stereocenters. The first-order chi connectivity index (χ1) is 11.0. The molecular formula is C18H18N2O2S. The van der Waals surface area contributed by atoms with E-state index in [0.29, 0.717) is 4.91 Å². The molecule has 1 heterocycles. The molecule has 2 aromatic rings. The van der Waals surface area contributed by atoms with Gasteiger partial charge in [-0.1, -0.05) is 35.4 Å². The minimum atomic E-state index is -1.33. The molecule has 1 fully saturated rings. The highest BCUT2D eigenvalue weighted by Gasteiger charge is 2.33. The van der Waals surface area contributed by atoms with Gasteiger partial charge in [-0.3, -0.25) is 13.9 Å². The first kappa shape index (κ1) is 15.5. The molecule has 4 nitrogen and oxygen atoms in total. The van der Waals surface area contributed by atoms with Crippen LogP contribution in [0.5, 0.6) is 0 Å². The Labute approximate surface area is 138 Å². The van der Waals surface area contributed by atoms with Crippen LogP contribution in [0.2, 0.25) is 0 Å². The minimum absolute atomic E-state index is 0.198. The number of amides is 1. The van der Waals surface area contributed by atoms with Gasteiger partial charge < -0.3 is 5.32 Å². The third kappa shape index (κ3) is 3.35. The number of nitrogens with one attached hydrogen (secondary N) is 1. The lowest BCUT2D eigenvalue weighted by molar-refractivity contribution is -0.114. The summed E-state index contributed by atoms with van der Waals surface area (Å²) in [5, 5.41) is 3.05. The summed E-state index contributed by atoms with van der Waals surface area (Å²) in [4.78, 5) is 14.4. The van der Waals surface area contributed by atoms with E-state index in [4.69, 9.17) is 0 Å². The number of nitrogens with zero attached hydrogens (tertiary/aromatic N) is 1. The maximum absolute atomic E-state index is 12.5. The number of aryl methyl sites for hydroxylation is 2. The Hall–Kier alpha value is -2.40. The molecule has 1 aliphatic heterocycles. The zero-order valence-corrected chi connectivity index (χ0v) is 13.9. The molecule has 1 amide bonds. The van der Waals surface area contributed by atoms with Crippen LogP contribution in [0.3, 0.4) is 0 Å². The van der Waals surface area contributed by atoms with Crippen molar-refractivity contribution in [2.24, 2.45) is 0 Å². The van der Waals surface area contributed by atoms with Crippen LogP contribution in [0.1, 0.15) is 11.1 Å². The van der Waals surface area contributed by atoms with Gasteiger partial charge in [-0.15, -0.1) is 0 Å². The summed E-state index contributed by atoms with van der Waals surface area (Å²) in [6, 6.07) is 15.4. The highest BCUT2D eigenvalue weighted by Crippen LogP contribution is 2.25. The Bertz CT molecular complexity index is 780. The predicted molar refractivity (Wildman–Crippen MR) is 94.6 cm³/mol. The molecule has 1 atom stereocenters. The van der Waals surface area contributed by atoms with Crippen LogP contribution < -0.4 is 10.2 Å². The molecule has 1 aliphatic rings. The Morgan fingerprint density at radius 1 is 1.00 bits per heavy atom. The lowest BCUT2D eigenvalue weighted by atomic mass is 10.2. The van der Waals surface area contributed by atoms with E-state index >= 15 is 0 Å². The number of hydrogen-bond acceptors (Lipinski definition) is 3. The summed E-state index contributed by atoms with van der Waals surface area (Å²) < 4.78 is 12.3. The van der Waals surface area contributed by atoms with Crippen molar-refractivity contribution in [3.63, 3.8) is 0 Å². The first-order valence-corrected chi connectivity index (χ1v) is 8.67. The van der Waals surface area contributed by atoms with Crippen LogP contribution in [0.15, 0.2) is 59.6 Å². The van der Waals surface area contributed by atoms with Gasteiger partial charge in [0.05, 0.1) is 10.8 Å². The average molecular weight is 326 g/mol. The zero-order chi connectivity index (χ0) is 16.4. The van der Waals surface area contributed by atoms with Gasteiger partial charge in [0.15, 0.2) is 0 Å². The highest BCUT2D eigenvalue weighted by molar-refractivity contribution is 7.90. The first-order valence-electron chi connectivity index (χ1n) is 7.35. The molecule has 2 aromatic carbocycles. The maximum atomic E-state index is 12.5. The summed E-state index contributed by atoms with van der Waals surface area (Å²) in [6.45, 7) is 4.00. The number of anilines is 2. The Morgan fingerprint density at radius 2 is 1.57 bits per heavy atom. The molecule has 0 aromatic heterocycles. The molecule has 0 saturated carbocycles. The molecule has 0 bridgehead atoms. The van der Waals surface area contributed by atoms with E-state index in [1.165, 1.54) is 0 Å². The number of rotatable bonds is 3. The fourth-order valence-electron chi connectivity index (χ4n) is 2.32. The van der Waals surface area contributed by atoms with Gasteiger partial charge in [-0.2, -0.15) is 0 Å². The van der Waals surface area contributed by atoms with E-state index in [-0.39, 0.29) is 11.8 Å². The van der Waals surface area contributed by atoms with Gasteiger partial charge in [-0.05, 0) is 38.1 Å². The van der Waals surface area contributed by atoms with Gasteiger partial charge >= 0.3 is 0 Å². The van der Waals surface area contributed by atoms with Crippen LogP contribution in [0.4, 0.5) is 11.4 Å². The smallest absolute Gasteiger partial charge is 0.269 e. The van der Waals surface area contributed by atoms with Crippen molar-refractivity contribution in [3.8, 4) is 0 Å². The molecule has 5 heteroatoms. The molecule has 0 spiro atoms. The standard InChI is InChI=1S/C18H18N2O2S/c1-13-3-7-15(8-4-13)19-11-17-18(21)20(12-23(17)22)16-9-5-14(2)6-10-16/h3-11,19H,12H2,1-2H3/b17-11+. The number of benzene rings is 2. The van der Waals surface area contributed by atoms with Crippen molar-refractivity contribution in [1.82, 2.24) is 0 Å². The van der Waals surface area contributed by atoms with E-state index in [9.17, 15) is 9.00 Å². The molecule has 23 heavy (non-hydrogen) atoms. The second-order valence-corrected chi connectivity index (χ2v) is 6.95. The fraction of sp³-hybridized carbons (Fsp3) is 0.167. The van der Waals surface area contributed by atoms with Crippen molar-refractivity contribution in [1.29, 1.82) is 0 Å². The molecule has 1 N–H and O–H groups in total. The number of carbonyl (C=O) groups excluding carboxylic acids is 1. The van der Waals surface area contributed by atoms with Crippen LogP contribution >= 0.6 is 0 Å². The predicted octanol–water partition coefficient (Wildman–Crippen LogP) is 3.31. The second-order valence-electron chi connectivity index (χ2n) is 5.56. The lowest BCUT2D eigenvalue weighted by Crippen LogP contribution is -2.24. The lowest BCUT2D eigenvalue weighted by Gasteiger charge is -2.13. The van der Waals surface area contributed by atoms with Crippen molar-refractivity contribution in [3.05, 3.63) is 70.8 Å². The van der Waals surface area contributed by atoms with Gasteiger partial charge in [0.25, 0.3) is 5.91 Å². The number of carbonyl (C=O) groups is 1. The van der Waals surface area contributed by atoms with Crippen LogP contribution in [0.25, 0.3) is 0 Å². The minimum Gasteiger partial charge on any atom is -0.360 e. The van der Waals surface area contributed by atoms with E-state index in [1.807, 2.05) is 62.4 Å². The highest BCUT2D eigenvalue weighted by atomic mass is 32.2. The van der Waals surface area contributed by atoms with E-state index in [1.54, 1.807) is 11.1 Å². The van der Waals surface area contributed by atoms with Gasteiger partial charge in [0.2, 0.25) is 0 Å². The third-order valence-corrected chi connectivity index (χ3v) is 4.99. The van der Waals surface area contributed by atoms with E-state index in [2.05, 4.69) is 5.32 Å². The molecular weight excluding hydrogens is 308 g/mol. The monoisotopic (exact) mass is 326 g/mol. The normalized spacial score (nSPS) is 19.4. The number of hydrogen-bond donors (Lipinski definition) is 1. The molecule has 0 radical (unpaired) electrons. The Balaban J connectivity index is 1.79. The quantitative estimate of drug-likeness (QED) is 0.881. The fourth-order valence-corrected chi connectivity index (χ4v) is 3.45. The second kappa shape index (κ2) is 6.38. The Morgan fingerprint density at radius 3 is 2.17 bits per heavy atom. The van der Waals surface area contributed by atoms with Crippen molar-refractivity contribution >= 4 is 28.1 Å². The van der Waals surface area contributed by atoms with E-state index in [0.717, 1.165) is 22.5 Å².